The highest BCUT2D eigenvalue weighted by Gasteiger charge is 2.39. The Balaban J connectivity index is 0.00000338. The number of rotatable bonds is 6. The molecule has 0 bridgehead atoms. The summed E-state index contributed by atoms with van der Waals surface area (Å²) in [7, 11) is 1.59. The molecule has 0 aliphatic carbocycles. The van der Waals surface area contributed by atoms with E-state index in [9.17, 15) is 9.59 Å². The van der Waals surface area contributed by atoms with Crippen LogP contribution in [0.15, 0.2) is 24.3 Å². The zero-order valence-electron chi connectivity index (χ0n) is 16.0. The maximum atomic E-state index is 12.6. The second-order valence-corrected chi connectivity index (χ2v) is 6.84. The Morgan fingerprint density at radius 2 is 1.81 bits per heavy atom. The van der Waals surface area contributed by atoms with Gasteiger partial charge in [-0.1, -0.05) is 12.1 Å². The zero-order chi connectivity index (χ0) is 18.4. The lowest BCUT2D eigenvalue weighted by Gasteiger charge is -2.34. The van der Waals surface area contributed by atoms with Gasteiger partial charge in [0.25, 0.3) is 5.91 Å². The van der Waals surface area contributed by atoms with Crippen LogP contribution in [0.4, 0.5) is 5.69 Å². The normalized spacial score (nSPS) is 15.9. The molecule has 1 fully saturated rings. The Morgan fingerprint density at radius 3 is 2.27 bits per heavy atom. The van der Waals surface area contributed by atoms with Gasteiger partial charge in [0.15, 0.2) is 0 Å². The summed E-state index contributed by atoms with van der Waals surface area (Å²) in [4.78, 5) is 26.1. The third-order valence-electron chi connectivity index (χ3n) is 4.81. The van der Waals surface area contributed by atoms with E-state index in [0.717, 1.165) is 24.3 Å². The second-order valence-electron chi connectivity index (χ2n) is 6.84. The minimum atomic E-state index is -0.757. The van der Waals surface area contributed by atoms with Gasteiger partial charge < -0.3 is 20.3 Å². The molecule has 0 unspecified atom stereocenters. The van der Waals surface area contributed by atoms with Crippen LogP contribution in [-0.4, -0.2) is 48.6 Å². The Hall–Kier alpha value is -1.63. The van der Waals surface area contributed by atoms with Gasteiger partial charge in [-0.2, -0.15) is 0 Å². The van der Waals surface area contributed by atoms with Gasteiger partial charge in [0, 0.05) is 32.3 Å². The maximum absolute atomic E-state index is 12.6. The van der Waals surface area contributed by atoms with Gasteiger partial charge >= 0.3 is 0 Å². The number of methoxy groups -OCH3 is 1. The van der Waals surface area contributed by atoms with Crippen molar-refractivity contribution in [3.8, 4) is 0 Å². The highest BCUT2D eigenvalue weighted by molar-refractivity contribution is 5.97. The molecule has 1 aromatic carbocycles. The third kappa shape index (κ3) is 5.43. The molecule has 1 saturated heterocycles. The smallest absolute Gasteiger partial charge is 0.256 e. The lowest BCUT2D eigenvalue weighted by Crippen LogP contribution is -2.51. The number of halogens is 1. The van der Waals surface area contributed by atoms with E-state index in [4.69, 9.17) is 4.74 Å². The molecule has 0 spiro atoms. The molecule has 2 amide bonds. The van der Waals surface area contributed by atoms with E-state index in [2.05, 4.69) is 10.6 Å². The number of hydrogen-bond acceptors (Lipinski definition) is 4. The fraction of sp³-hybridized carbons (Fsp3) is 0.579. The fourth-order valence-corrected chi connectivity index (χ4v) is 3.15. The predicted octanol–water partition coefficient (Wildman–Crippen LogP) is 2.57. The van der Waals surface area contributed by atoms with Crippen LogP contribution in [0.25, 0.3) is 0 Å². The van der Waals surface area contributed by atoms with Crippen molar-refractivity contribution in [2.75, 3.05) is 25.5 Å². The maximum Gasteiger partial charge on any atom is 0.256 e. The van der Waals surface area contributed by atoms with Crippen LogP contribution < -0.4 is 10.6 Å². The molecule has 146 valence electrons. The number of ether oxygens (including phenoxy) is 1. The number of anilines is 1. The van der Waals surface area contributed by atoms with Gasteiger partial charge in [0.2, 0.25) is 5.91 Å². The molecule has 1 aliphatic heterocycles. The van der Waals surface area contributed by atoms with Gasteiger partial charge in [-0.3, -0.25) is 9.59 Å². The molecular weight excluding hydrogens is 354 g/mol. The number of nitrogens with one attached hydrogen (secondary N) is 2. The van der Waals surface area contributed by atoms with Gasteiger partial charge in [-0.15, -0.1) is 12.4 Å². The van der Waals surface area contributed by atoms with Crippen molar-refractivity contribution in [2.45, 2.75) is 51.8 Å². The van der Waals surface area contributed by atoms with E-state index in [1.165, 1.54) is 0 Å². The largest absolute Gasteiger partial charge is 0.368 e. The van der Waals surface area contributed by atoms with Gasteiger partial charge in [0.05, 0.1) is 0 Å². The highest BCUT2D eigenvalue weighted by atomic mass is 35.5. The molecule has 1 aromatic rings. The number of hydrogen-bond donors (Lipinski definition) is 2. The van der Waals surface area contributed by atoms with Crippen molar-refractivity contribution in [1.29, 1.82) is 0 Å². The lowest BCUT2D eigenvalue weighted by atomic mass is 9.91. The van der Waals surface area contributed by atoms with Crippen molar-refractivity contribution < 1.29 is 14.3 Å². The fourth-order valence-electron chi connectivity index (χ4n) is 3.15. The Kier molecular flexibility index (Phi) is 8.53. The first-order valence-corrected chi connectivity index (χ1v) is 8.81. The Labute approximate surface area is 162 Å². The third-order valence-corrected chi connectivity index (χ3v) is 4.81. The number of nitrogens with zero attached hydrogens (tertiary/aromatic N) is 1. The van der Waals surface area contributed by atoms with Crippen LogP contribution in [0.1, 0.15) is 39.2 Å². The minimum absolute atomic E-state index is 0. The lowest BCUT2D eigenvalue weighted by molar-refractivity contribution is -0.140. The summed E-state index contributed by atoms with van der Waals surface area (Å²) in [5.41, 5.74) is 1.01. The van der Waals surface area contributed by atoms with Crippen molar-refractivity contribution in [1.82, 2.24) is 10.2 Å². The zero-order valence-corrected chi connectivity index (χ0v) is 16.8. The molecule has 1 heterocycles. The molecule has 0 radical (unpaired) electrons. The van der Waals surface area contributed by atoms with Crippen LogP contribution in [0.3, 0.4) is 0 Å². The van der Waals surface area contributed by atoms with E-state index < -0.39 is 5.60 Å². The van der Waals surface area contributed by atoms with E-state index in [-0.39, 0.29) is 30.3 Å². The van der Waals surface area contributed by atoms with Crippen molar-refractivity contribution in [3.63, 3.8) is 0 Å². The van der Waals surface area contributed by atoms with Crippen molar-refractivity contribution >= 4 is 29.9 Å². The summed E-state index contributed by atoms with van der Waals surface area (Å²) in [6.45, 7) is 7.69. The standard InChI is InChI=1S/C19H29N3O3.ClH/c1-14(2)22(15(3)23)13-16-5-7-17(8-6-16)21-18(24)19(25-4)9-11-20-12-10-19;/h5-8,14,20H,9-13H2,1-4H3,(H,21,24);1H. The molecule has 6 nitrogen and oxygen atoms in total. The van der Waals surface area contributed by atoms with E-state index in [0.29, 0.717) is 19.4 Å². The van der Waals surface area contributed by atoms with Crippen LogP contribution >= 0.6 is 12.4 Å². The molecule has 2 rings (SSSR count). The number of carbonyl (C=O) groups is 2. The summed E-state index contributed by atoms with van der Waals surface area (Å²) in [6.07, 6.45) is 1.32. The van der Waals surface area contributed by atoms with E-state index in [1.807, 2.05) is 43.0 Å². The van der Waals surface area contributed by atoms with Crippen LogP contribution in [0.5, 0.6) is 0 Å². The highest BCUT2D eigenvalue weighted by Crippen LogP contribution is 2.24. The second kappa shape index (κ2) is 9.90. The average Bonchev–Trinajstić information content (AvgIpc) is 2.61. The number of amides is 2. The predicted molar refractivity (Wildman–Crippen MR) is 106 cm³/mol. The van der Waals surface area contributed by atoms with Gasteiger partial charge in [0.1, 0.15) is 5.60 Å². The quantitative estimate of drug-likeness (QED) is 0.792. The van der Waals surface area contributed by atoms with Crippen molar-refractivity contribution in [3.05, 3.63) is 29.8 Å². The summed E-state index contributed by atoms with van der Waals surface area (Å²) in [6, 6.07) is 7.77. The Morgan fingerprint density at radius 1 is 1.23 bits per heavy atom. The number of benzene rings is 1. The summed E-state index contributed by atoms with van der Waals surface area (Å²) < 4.78 is 5.55. The molecule has 7 heteroatoms. The Bertz CT molecular complexity index is 599. The SMILES string of the molecule is COC1(C(=O)Nc2ccc(CN(C(C)=O)C(C)C)cc2)CCNCC1.Cl. The topological polar surface area (TPSA) is 70.7 Å². The van der Waals surface area contributed by atoms with Crippen molar-refractivity contribution in [2.24, 2.45) is 0 Å². The van der Waals surface area contributed by atoms with Gasteiger partial charge in [-0.05, 0) is 57.5 Å². The summed E-state index contributed by atoms with van der Waals surface area (Å²) in [5.74, 6) is -0.0443. The first kappa shape index (κ1) is 22.4. The van der Waals surface area contributed by atoms with Gasteiger partial charge in [-0.25, -0.2) is 0 Å². The molecule has 0 atom stereocenters. The molecule has 0 aromatic heterocycles. The molecule has 26 heavy (non-hydrogen) atoms. The first-order valence-electron chi connectivity index (χ1n) is 8.81. The van der Waals surface area contributed by atoms with E-state index >= 15 is 0 Å². The monoisotopic (exact) mass is 383 g/mol. The molecule has 0 saturated carbocycles. The number of piperidine rings is 1. The van der Waals surface area contributed by atoms with Crippen LogP contribution in [-0.2, 0) is 20.9 Å². The molecule has 1 aliphatic rings. The van der Waals surface area contributed by atoms with Crippen LogP contribution in [0.2, 0.25) is 0 Å². The molecular formula is C19H30ClN3O3. The summed E-state index contributed by atoms with van der Waals surface area (Å²) >= 11 is 0. The molecule has 2 N–H and O–H groups in total. The minimum Gasteiger partial charge on any atom is -0.368 e. The average molecular weight is 384 g/mol. The van der Waals surface area contributed by atoms with Crippen LogP contribution in [0, 0.1) is 0 Å². The summed E-state index contributed by atoms with van der Waals surface area (Å²) in [5, 5.41) is 6.20. The number of carbonyl (C=O) groups excluding carboxylic acids is 2. The van der Waals surface area contributed by atoms with E-state index in [1.54, 1.807) is 14.0 Å². The first-order chi connectivity index (χ1) is 11.9.